The summed E-state index contributed by atoms with van der Waals surface area (Å²) in [6, 6.07) is 9.49. The molecule has 1 aromatic rings. The molecule has 21 heavy (non-hydrogen) atoms. The molecule has 0 radical (unpaired) electrons. The van der Waals surface area contributed by atoms with Crippen molar-refractivity contribution in [1.82, 2.24) is 0 Å². The van der Waals surface area contributed by atoms with Gasteiger partial charge in [-0.3, -0.25) is 0 Å². The van der Waals surface area contributed by atoms with Gasteiger partial charge in [0.25, 0.3) is 0 Å². The quantitative estimate of drug-likeness (QED) is 0.924. The smallest absolute Gasteiger partial charge is 0.0642 e. The minimum atomic E-state index is 0.453. The van der Waals surface area contributed by atoms with Gasteiger partial charge < -0.3 is 15.0 Å². The molecule has 3 rings (SSSR count). The third-order valence-corrected chi connectivity index (χ3v) is 5.85. The van der Waals surface area contributed by atoms with Gasteiger partial charge in [0.15, 0.2) is 0 Å². The Balaban J connectivity index is 1.59. The number of benzene rings is 1. The Hall–Kier alpha value is -0.870. The topological polar surface area (TPSA) is 24.5 Å². The summed E-state index contributed by atoms with van der Waals surface area (Å²) in [5.74, 6) is 2.50. The summed E-state index contributed by atoms with van der Waals surface area (Å²) in [4.78, 5) is 2.40. The van der Waals surface area contributed by atoms with Gasteiger partial charge in [-0.15, -0.1) is 0 Å². The van der Waals surface area contributed by atoms with Crippen molar-refractivity contribution in [2.24, 2.45) is 5.41 Å². The first-order valence-corrected chi connectivity index (χ1v) is 9.05. The van der Waals surface area contributed by atoms with Gasteiger partial charge in [-0.1, -0.05) is 13.8 Å². The van der Waals surface area contributed by atoms with Gasteiger partial charge >= 0.3 is 0 Å². The normalized spacial score (nSPS) is 25.6. The zero-order chi connectivity index (χ0) is 14.7. The van der Waals surface area contributed by atoms with Crippen molar-refractivity contribution in [1.29, 1.82) is 0 Å². The molecule has 3 nitrogen and oxygen atoms in total. The highest BCUT2D eigenvalue weighted by molar-refractivity contribution is 7.99. The maximum Gasteiger partial charge on any atom is 0.0642 e. The zero-order valence-electron chi connectivity index (χ0n) is 13.1. The van der Waals surface area contributed by atoms with Crippen LogP contribution < -0.4 is 10.2 Å². The van der Waals surface area contributed by atoms with Crippen LogP contribution in [0, 0.1) is 5.41 Å². The molecule has 0 aromatic heterocycles. The maximum atomic E-state index is 5.41. The van der Waals surface area contributed by atoms with E-state index in [0.29, 0.717) is 11.5 Å². The van der Waals surface area contributed by atoms with Crippen molar-refractivity contribution in [3.63, 3.8) is 0 Å². The van der Waals surface area contributed by atoms with Gasteiger partial charge in [-0.05, 0) is 41.9 Å². The standard InChI is InChI=1S/C17H26N2OS/c1-17(2)11-15(12-21-13-17)18-14-3-5-16(6-4-14)19-7-9-20-10-8-19/h3-6,15,18H,7-13H2,1-2H3. The molecule has 4 heteroatoms. The molecule has 1 unspecified atom stereocenters. The molecular weight excluding hydrogens is 280 g/mol. The lowest BCUT2D eigenvalue weighted by Gasteiger charge is -2.35. The van der Waals surface area contributed by atoms with Crippen LogP contribution in [0.4, 0.5) is 11.4 Å². The molecule has 0 saturated carbocycles. The lowest BCUT2D eigenvalue weighted by Crippen LogP contribution is -2.36. The molecule has 0 aliphatic carbocycles. The molecule has 1 atom stereocenters. The van der Waals surface area contributed by atoms with E-state index in [0.717, 1.165) is 26.3 Å². The number of morpholine rings is 1. The fourth-order valence-electron chi connectivity index (χ4n) is 3.18. The van der Waals surface area contributed by atoms with Gasteiger partial charge in [0.1, 0.15) is 0 Å². The Morgan fingerprint density at radius 2 is 1.90 bits per heavy atom. The fourth-order valence-corrected chi connectivity index (χ4v) is 4.45. The summed E-state index contributed by atoms with van der Waals surface area (Å²) in [6.45, 7) is 8.42. The maximum absolute atomic E-state index is 5.41. The minimum absolute atomic E-state index is 0.453. The molecule has 2 aliphatic heterocycles. The van der Waals surface area contributed by atoms with Crippen LogP contribution in [-0.4, -0.2) is 43.9 Å². The molecule has 0 spiro atoms. The molecule has 2 saturated heterocycles. The molecular formula is C17H26N2OS. The highest BCUT2D eigenvalue weighted by Gasteiger charge is 2.28. The molecule has 2 aliphatic rings. The number of thioether (sulfide) groups is 1. The number of anilines is 2. The van der Waals surface area contributed by atoms with E-state index in [2.05, 4.69) is 60.1 Å². The van der Waals surface area contributed by atoms with Crippen LogP contribution in [-0.2, 0) is 4.74 Å². The third-order valence-electron chi connectivity index (χ3n) is 4.23. The molecule has 1 aromatic carbocycles. The highest BCUT2D eigenvalue weighted by atomic mass is 32.2. The van der Waals surface area contributed by atoms with Gasteiger partial charge in [0.05, 0.1) is 13.2 Å². The van der Waals surface area contributed by atoms with Crippen LogP contribution >= 0.6 is 11.8 Å². The predicted octanol–water partition coefficient (Wildman–Crippen LogP) is 3.47. The van der Waals surface area contributed by atoms with E-state index in [-0.39, 0.29) is 0 Å². The summed E-state index contributed by atoms with van der Waals surface area (Å²) in [7, 11) is 0. The van der Waals surface area contributed by atoms with E-state index in [1.807, 2.05) is 0 Å². The number of rotatable bonds is 3. The average Bonchev–Trinajstić information content (AvgIpc) is 2.48. The van der Waals surface area contributed by atoms with Gasteiger partial charge in [0, 0.05) is 36.3 Å². The van der Waals surface area contributed by atoms with Crippen LogP contribution in [0.15, 0.2) is 24.3 Å². The Labute approximate surface area is 132 Å². The number of hydrogen-bond acceptors (Lipinski definition) is 4. The van der Waals surface area contributed by atoms with Crippen LogP contribution in [0.25, 0.3) is 0 Å². The number of nitrogens with zero attached hydrogens (tertiary/aromatic N) is 1. The van der Waals surface area contributed by atoms with Gasteiger partial charge in [-0.2, -0.15) is 11.8 Å². The molecule has 0 amide bonds. The number of ether oxygens (including phenoxy) is 1. The Morgan fingerprint density at radius 1 is 1.19 bits per heavy atom. The van der Waals surface area contributed by atoms with Gasteiger partial charge in [-0.25, -0.2) is 0 Å². The van der Waals surface area contributed by atoms with Crippen molar-refractivity contribution in [3.05, 3.63) is 24.3 Å². The van der Waals surface area contributed by atoms with Crippen LogP contribution in [0.3, 0.4) is 0 Å². The summed E-state index contributed by atoms with van der Waals surface area (Å²) < 4.78 is 5.41. The molecule has 116 valence electrons. The highest BCUT2D eigenvalue weighted by Crippen LogP contribution is 2.34. The first-order chi connectivity index (χ1) is 10.1. The van der Waals surface area contributed by atoms with E-state index in [9.17, 15) is 0 Å². The van der Waals surface area contributed by atoms with E-state index < -0.39 is 0 Å². The van der Waals surface area contributed by atoms with Crippen molar-refractivity contribution in [3.8, 4) is 0 Å². The van der Waals surface area contributed by atoms with Crippen molar-refractivity contribution < 1.29 is 4.74 Å². The van der Waals surface area contributed by atoms with Crippen LogP contribution in [0.5, 0.6) is 0 Å². The predicted molar refractivity (Wildman–Crippen MR) is 92.6 cm³/mol. The number of hydrogen-bond donors (Lipinski definition) is 1. The summed E-state index contributed by atoms with van der Waals surface area (Å²) in [5.41, 5.74) is 3.01. The first-order valence-electron chi connectivity index (χ1n) is 7.89. The Morgan fingerprint density at radius 3 is 2.57 bits per heavy atom. The van der Waals surface area contributed by atoms with Crippen molar-refractivity contribution in [2.45, 2.75) is 26.3 Å². The van der Waals surface area contributed by atoms with E-state index in [1.54, 1.807) is 0 Å². The second kappa shape index (κ2) is 6.49. The lowest BCUT2D eigenvalue weighted by molar-refractivity contribution is 0.122. The van der Waals surface area contributed by atoms with Crippen LogP contribution in [0.1, 0.15) is 20.3 Å². The molecule has 2 heterocycles. The van der Waals surface area contributed by atoms with E-state index in [4.69, 9.17) is 4.74 Å². The van der Waals surface area contributed by atoms with E-state index in [1.165, 1.54) is 29.3 Å². The molecule has 2 fully saturated rings. The fraction of sp³-hybridized carbons (Fsp3) is 0.647. The molecule has 0 bridgehead atoms. The molecule has 1 N–H and O–H groups in total. The summed E-state index contributed by atoms with van der Waals surface area (Å²) in [5, 5.41) is 3.70. The van der Waals surface area contributed by atoms with Crippen molar-refractivity contribution >= 4 is 23.1 Å². The minimum Gasteiger partial charge on any atom is -0.381 e. The monoisotopic (exact) mass is 306 g/mol. The average molecular weight is 306 g/mol. The zero-order valence-corrected chi connectivity index (χ0v) is 13.9. The Kier molecular flexibility index (Phi) is 4.65. The second-order valence-corrected chi connectivity index (χ2v) is 7.90. The van der Waals surface area contributed by atoms with Crippen molar-refractivity contribution in [2.75, 3.05) is 48.0 Å². The summed E-state index contributed by atoms with van der Waals surface area (Å²) in [6.07, 6.45) is 1.26. The third kappa shape index (κ3) is 4.07. The SMILES string of the molecule is CC1(C)CSCC(Nc2ccc(N3CCOCC3)cc2)C1. The lowest BCUT2D eigenvalue weighted by atomic mass is 9.88. The second-order valence-electron chi connectivity index (χ2n) is 6.87. The Bertz CT molecular complexity index is 454. The van der Waals surface area contributed by atoms with Gasteiger partial charge in [0.2, 0.25) is 0 Å². The van der Waals surface area contributed by atoms with E-state index >= 15 is 0 Å². The summed E-state index contributed by atoms with van der Waals surface area (Å²) >= 11 is 2.07. The largest absolute Gasteiger partial charge is 0.381 e. The number of nitrogens with one attached hydrogen (secondary N) is 1. The van der Waals surface area contributed by atoms with Crippen LogP contribution in [0.2, 0.25) is 0 Å². The first kappa shape index (κ1) is 15.0.